The molecule has 30 heavy (non-hydrogen) atoms. The quantitative estimate of drug-likeness (QED) is 0.277. The Bertz CT molecular complexity index is 1050. The van der Waals surface area contributed by atoms with Crippen molar-refractivity contribution < 1.29 is 19.2 Å². The fraction of sp³-hybridized carbons (Fsp3) is 0.318. The van der Waals surface area contributed by atoms with E-state index in [1.165, 1.54) is 12.1 Å². The molecule has 0 saturated carbocycles. The van der Waals surface area contributed by atoms with Crippen molar-refractivity contribution in [3.63, 3.8) is 0 Å². The highest BCUT2D eigenvalue weighted by molar-refractivity contribution is 9.09. The molecule has 0 radical (unpaired) electrons. The first-order chi connectivity index (χ1) is 14.3. The van der Waals surface area contributed by atoms with Crippen LogP contribution in [-0.2, 0) is 14.9 Å². The van der Waals surface area contributed by atoms with Gasteiger partial charge in [0.25, 0.3) is 5.69 Å². The maximum absolute atomic E-state index is 11.6. The summed E-state index contributed by atoms with van der Waals surface area (Å²) in [5.74, 6) is 0.250. The minimum atomic E-state index is -0.860. The average Bonchev–Trinajstić information content (AvgIpc) is 2.92. The largest absolute Gasteiger partial charge is 0.463 e. The van der Waals surface area contributed by atoms with Crippen molar-refractivity contribution in [3.05, 3.63) is 69.8 Å². The number of para-hydroxylation sites is 1. The lowest BCUT2D eigenvalue weighted by atomic mass is 9.76. The maximum atomic E-state index is 11.6. The van der Waals surface area contributed by atoms with Gasteiger partial charge in [-0.05, 0) is 43.7 Å². The summed E-state index contributed by atoms with van der Waals surface area (Å²) >= 11 is 3.10. The van der Waals surface area contributed by atoms with Crippen LogP contribution in [0.1, 0.15) is 25.0 Å². The van der Waals surface area contributed by atoms with Gasteiger partial charge in [0.1, 0.15) is 17.7 Å². The van der Waals surface area contributed by atoms with Crippen LogP contribution in [0.25, 0.3) is 6.08 Å². The highest BCUT2D eigenvalue weighted by atomic mass is 79.9. The van der Waals surface area contributed by atoms with Crippen molar-refractivity contribution in [3.8, 4) is 5.75 Å². The lowest BCUT2D eigenvalue weighted by molar-refractivity contribution is -0.384. The van der Waals surface area contributed by atoms with Crippen molar-refractivity contribution >= 4 is 39.4 Å². The Hall–Kier alpha value is -2.87. The first-order valence-corrected chi connectivity index (χ1v) is 10.7. The Morgan fingerprint density at radius 1 is 1.27 bits per heavy atom. The molecule has 1 unspecified atom stereocenters. The topological polar surface area (TPSA) is 81.9 Å². The zero-order valence-corrected chi connectivity index (χ0v) is 18.2. The summed E-state index contributed by atoms with van der Waals surface area (Å²) in [6, 6.07) is 12.7. The molecular weight excluding hydrogens is 452 g/mol. The van der Waals surface area contributed by atoms with Gasteiger partial charge >= 0.3 is 5.97 Å². The SMILES string of the molecule is CC1(C)c2ccccc2N(CCOC(=O)CBr)C12C=Cc1cc([N+](=O)[O-])ccc1O2. The second-order valence-electron chi connectivity index (χ2n) is 7.76. The molecule has 2 aromatic rings. The van der Waals surface area contributed by atoms with Crippen molar-refractivity contribution in [2.75, 3.05) is 23.4 Å². The number of fused-ring (bicyclic) bond motifs is 2. The molecule has 7 nitrogen and oxygen atoms in total. The van der Waals surface area contributed by atoms with Crippen molar-refractivity contribution in [1.82, 2.24) is 0 Å². The van der Waals surface area contributed by atoms with Crippen LogP contribution in [-0.4, -0.2) is 35.1 Å². The number of carbonyl (C=O) groups excluding carboxylic acids is 1. The molecule has 2 aromatic carbocycles. The summed E-state index contributed by atoms with van der Waals surface area (Å²) in [4.78, 5) is 24.4. The Morgan fingerprint density at radius 3 is 2.77 bits per heavy atom. The van der Waals surface area contributed by atoms with Crippen molar-refractivity contribution in [2.24, 2.45) is 0 Å². The number of nitrogens with zero attached hydrogens (tertiary/aromatic N) is 2. The summed E-state index contributed by atoms with van der Waals surface area (Å²) in [7, 11) is 0. The van der Waals surface area contributed by atoms with Gasteiger partial charge in [-0.25, -0.2) is 0 Å². The average molecular weight is 473 g/mol. The maximum Gasteiger partial charge on any atom is 0.316 e. The first-order valence-electron chi connectivity index (χ1n) is 9.55. The van der Waals surface area contributed by atoms with Crippen LogP contribution in [0.2, 0.25) is 0 Å². The Labute approximate surface area is 182 Å². The third-order valence-corrected chi connectivity index (χ3v) is 6.27. The van der Waals surface area contributed by atoms with E-state index in [0.29, 0.717) is 17.9 Å². The first kappa shape index (κ1) is 20.4. The molecule has 0 amide bonds. The molecule has 0 fully saturated rings. The molecule has 2 aliphatic rings. The zero-order valence-electron chi connectivity index (χ0n) is 16.6. The molecule has 156 valence electrons. The van der Waals surface area contributed by atoms with Gasteiger partial charge < -0.3 is 14.4 Å². The number of alkyl halides is 1. The summed E-state index contributed by atoms with van der Waals surface area (Å²) in [6.45, 7) is 4.86. The van der Waals surface area contributed by atoms with Crippen LogP contribution in [0, 0.1) is 10.1 Å². The molecule has 1 atom stereocenters. The van der Waals surface area contributed by atoms with Crippen LogP contribution in [0.3, 0.4) is 0 Å². The van der Waals surface area contributed by atoms with E-state index in [0.717, 1.165) is 11.3 Å². The molecule has 0 bridgehead atoms. The van der Waals surface area contributed by atoms with Crippen LogP contribution >= 0.6 is 15.9 Å². The molecule has 2 aliphatic heterocycles. The van der Waals surface area contributed by atoms with Crippen LogP contribution in [0.4, 0.5) is 11.4 Å². The van der Waals surface area contributed by atoms with Gasteiger partial charge in [0.05, 0.1) is 16.9 Å². The van der Waals surface area contributed by atoms with Gasteiger partial charge in [-0.3, -0.25) is 14.9 Å². The summed E-state index contributed by atoms with van der Waals surface area (Å²) < 4.78 is 11.9. The summed E-state index contributed by atoms with van der Waals surface area (Å²) in [5, 5.41) is 11.3. The number of carbonyl (C=O) groups is 1. The minimum absolute atomic E-state index is 0.0189. The number of halogens is 1. The standard InChI is InChI=1S/C22H21BrN2O5/c1-21(2)17-5-3-4-6-18(17)24(11-12-29-20(26)14-23)22(21)10-9-15-13-16(25(27)28)7-8-19(15)30-22/h3-10,13H,11-12,14H2,1-2H3. The van der Waals surface area contributed by atoms with Crippen LogP contribution in [0.5, 0.6) is 5.75 Å². The van der Waals surface area contributed by atoms with Gasteiger partial charge in [-0.2, -0.15) is 0 Å². The van der Waals surface area contributed by atoms with E-state index in [1.807, 2.05) is 30.4 Å². The van der Waals surface area contributed by atoms with Crippen LogP contribution < -0.4 is 9.64 Å². The number of hydrogen-bond donors (Lipinski definition) is 0. The third-order valence-electron chi connectivity index (χ3n) is 5.81. The second-order valence-corrected chi connectivity index (χ2v) is 8.32. The number of rotatable bonds is 5. The van der Waals surface area contributed by atoms with E-state index < -0.39 is 16.1 Å². The second kappa shape index (κ2) is 7.43. The number of nitro benzene ring substituents is 1. The molecular formula is C22H21BrN2O5. The Kier molecular flexibility index (Phi) is 5.05. The van der Waals surface area contributed by atoms with Gasteiger partial charge in [0, 0.05) is 23.4 Å². The minimum Gasteiger partial charge on any atom is -0.463 e. The molecule has 2 heterocycles. The van der Waals surface area contributed by atoms with Gasteiger partial charge in [0.2, 0.25) is 5.72 Å². The number of nitro groups is 1. The van der Waals surface area contributed by atoms with E-state index in [-0.39, 0.29) is 23.6 Å². The van der Waals surface area contributed by atoms with E-state index in [2.05, 4.69) is 40.7 Å². The molecule has 1 spiro atoms. The van der Waals surface area contributed by atoms with Crippen LogP contribution in [0.15, 0.2) is 48.5 Å². The van der Waals surface area contributed by atoms with E-state index in [9.17, 15) is 14.9 Å². The highest BCUT2D eigenvalue weighted by Gasteiger charge is 2.58. The van der Waals surface area contributed by atoms with Gasteiger partial charge in [0.15, 0.2) is 0 Å². The number of hydrogen-bond acceptors (Lipinski definition) is 6. The number of anilines is 1. The van der Waals surface area contributed by atoms with E-state index >= 15 is 0 Å². The summed E-state index contributed by atoms with van der Waals surface area (Å²) in [5.41, 5.74) is 1.51. The number of ether oxygens (including phenoxy) is 2. The normalized spacial score (nSPS) is 20.4. The smallest absolute Gasteiger partial charge is 0.316 e. The molecule has 8 heteroatoms. The molecule has 0 saturated heterocycles. The van der Waals surface area contributed by atoms with Gasteiger partial charge in [-0.15, -0.1) is 0 Å². The van der Waals surface area contributed by atoms with E-state index in [1.54, 1.807) is 6.07 Å². The third kappa shape index (κ3) is 3.06. The zero-order chi connectivity index (χ0) is 21.5. The Balaban J connectivity index is 1.75. The van der Waals surface area contributed by atoms with E-state index in [4.69, 9.17) is 9.47 Å². The molecule has 0 aliphatic carbocycles. The molecule has 4 rings (SSSR count). The highest BCUT2D eigenvalue weighted by Crippen LogP contribution is 2.54. The van der Waals surface area contributed by atoms with Gasteiger partial charge in [-0.1, -0.05) is 34.1 Å². The fourth-order valence-electron chi connectivity index (χ4n) is 4.28. The number of non-ortho nitro benzene ring substituents is 1. The lowest BCUT2D eigenvalue weighted by Crippen LogP contribution is -2.60. The molecule has 0 N–H and O–H groups in total. The predicted octanol–water partition coefficient (Wildman–Crippen LogP) is 4.43. The number of benzene rings is 2. The number of esters is 1. The lowest BCUT2D eigenvalue weighted by Gasteiger charge is -2.47. The Morgan fingerprint density at radius 2 is 2.03 bits per heavy atom. The van der Waals surface area contributed by atoms with Crippen molar-refractivity contribution in [2.45, 2.75) is 25.0 Å². The van der Waals surface area contributed by atoms with Crippen molar-refractivity contribution in [1.29, 1.82) is 0 Å². The molecule has 0 aromatic heterocycles. The fourth-order valence-corrected chi connectivity index (χ4v) is 4.44. The summed E-state index contributed by atoms with van der Waals surface area (Å²) in [6.07, 6.45) is 3.82. The monoisotopic (exact) mass is 472 g/mol. The predicted molar refractivity (Wildman–Crippen MR) is 117 cm³/mol.